The molecule has 0 spiro atoms. The van der Waals surface area contributed by atoms with E-state index in [0.717, 1.165) is 16.9 Å². The number of pyridine rings is 1. The van der Waals surface area contributed by atoms with Gasteiger partial charge < -0.3 is 19.3 Å². The lowest BCUT2D eigenvalue weighted by Gasteiger charge is -2.21. The molecule has 0 saturated heterocycles. The number of hydrogen-bond acceptors (Lipinski definition) is 5. The van der Waals surface area contributed by atoms with Gasteiger partial charge in [-0.2, -0.15) is 0 Å². The van der Waals surface area contributed by atoms with Crippen LogP contribution in [0, 0.1) is 13.8 Å². The van der Waals surface area contributed by atoms with Crippen molar-refractivity contribution >= 4 is 11.8 Å². The van der Waals surface area contributed by atoms with Gasteiger partial charge in [0, 0.05) is 23.4 Å². The molecular formula is C17H18N2O5. The van der Waals surface area contributed by atoms with Gasteiger partial charge in [0.15, 0.2) is 11.5 Å². The highest BCUT2D eigenvalue weighted by Gasteiger charge is 2.22. The summed E-state index contributed by atoms with van der Waals surface area (Å²) >= 11 is 0. The van der Waals surface area contributed by atoms with Gasteiger partial charge in [0.05, 0.1) is 25.0 Å². The molecule has 3 rings (SSSR count). The van der Waals surface area contributed by atoms with Crippen molar-refractivity contribution in [2.45, 2.75) is 20.4 Å². The Bertz CT molecular complexity index is 791. The average molecular weight is 330 g/mol. The molecule has 1 aromatic carbocycles. The molecule has 0 saturated carbocycles. The molecule has 0 bridgehead atoms. The molecule has 0 unspecified atom stereocenters. The first-order valence-corrected chi connectivity index (χ1v) is 7.40. The molecule has 7 nitrogen and oxygen atoms in total. The fraction of sp³-hybridized carbons (Fsp3) is 0.294. The summed E-state index contributed by atoms with van der Waals surface area (Å²) in [5.41, 5.74) is 2.86. The monoisotopic (exact) mass is 330 g/mol. The molecule has 24 heavy (non-hydrogen) atoms. The van der Waals surface area contributed by atoms with Crippen LogP contribution in [-0.4, -0.2) is 30.1 Å². The van der Waals surface area contributed by atoms with E-state index in [1.807, 2.05) is 13.8 Å². The predicted octanol–water partition coefficient (Wildman–Crippen LogP) is 3.12. The lowest BCUT2D eigenvalue weighted by atomic mass is 10.1. The van der Waals surface area contributed by atoms with Gasteiger partial charge in [0.25, 0.3) is 0 Å². The van der Waals surface area contributed by atoms with E-state index >= 15 is 0 Å². The van der Waals surface area contributed by atoms with Gasteiger partial charge in [-0.3, -0.25) is 9.88 Å². The van der Waals surface area contributed by atoms with Crippen LogP contribution in [0.25, 0.3) is 0 Å². The third-order valence-corrected chi connectivity index (χ3v) is 3.96. The number of carboxylic acid groups (broad SMARTS) is 1. The molecule has 0 fully saturated rings. The van der Waals surface area contributed by atoms with Crippen molar-refractivity contribution in [2.24, 2.45) is 0 Å². The average Bonchev–Trinajstić information content (AvgIpc) is 3.02. The van der Waals surface area contributed by atoms with Gasteiger partial charge >= 0.3 is 6.09 Å². The topological polar surface area (TPSA) is 81.1 Å². The molecule has 2 heterocycles. The Labute approximate surface area is 139 Å². The number of benzene rings is 1. The normalized spacial score (nSPS) is 12.1. The second-order valence-electron chi connectivity index (χ2n) is 5.45. The third-order valence-electron chi connectivity index (χ3n) is 3.96. The van der Waals surface area contributed by atoms with Gasteiger partial charge in [0.1, 0.15) is 5.75 Å². The second-order valence-corrected chi connectivity index (χ2v) is 5.45. The zero-order chi connectivity index (χ0) is 17.3. The zero-order valence-electron chi connectivity index (χ0n) is 13.7. The SMILES string of the molecule is COc1c(C)cnc(CN(C(=O)O)c2ccc3c(c2)OCO3)c1C. The van der Waals surface area contributed by atoms with E-state index in [1.165, 1.54) is 4.90 Å². The molecule has 1 aromatic heterocycles. The molecule has 1 N–H and O–H groups in total. The van der Waals surface area contributed by atoms with E-state index < -0.39 is 6.09 Å². The van der Waals surface area contributed by atoms with Crippen molar-refractivity contribution in [2.75, 3.05) is 18.8 Å². The summed E-state index contributed by atoms with van der Waals surface area (Å²) in [4.78, 5) is 17.3. The largest absolute Gasteiger partial charge is 0.496 e. The van der Waals surface area contributed by atoms with Crippen LogP contribution in [0.3, 0.4) is 0 Å². The molecule has 1 aliphatic heterocycles. The summed E-state index contributed by atoms with van der Waals surface area (Å²) in [6.45, 7) is 4.02. The number of aromatic nitrogens is 1. The standard InChI is InChI=1S/C17H18N2O5/c1-10-7-18-13(11(2)16(10)22-3)8-19(17(20)21)12-4-5-14-15(6-12)24-9-23-14/h4-7H,8-9H2,1-3H3,(H,20,21). The van der Waals surface area contributed by atoms with Crippen LogP contribution in [-0.2, 0) is 6.54 Å². The van der Waals surface area contributed by atoms with E-state index in [2.05, 4.69) is 4.98 Å². The first-order chi connectivity index (χ1) is 11.5. The number of aryl methyl sites for hydroxylation is 1. The van der Waals surface area contributed by atoms with E-state index in [-0.39, 0.29) is 13.3 Å². The smallest absolute Gasteiger partial charge is 0.412 e. The van der Waals surface area contributed by atoms with Gasteiger partial charge in [-0.25, -0.2) is 4.79 Å². The molecule has 0 aliphatic carbocycles. The number of anilines is 1. The summed E-state index contributed by atoms with van der Waals surface area (Å²) in [5, 5.41) is 9.60. The van der Waals surface area contributed by atoms with Crippen molar-refractivity contribution in [1.29, 1.82) is 0 Å². The van der Waals surface area contributed by atoms with Crippen LogP contribution >= 0.6 is 0 Å². The molecule has 1 aliphatic rings. The van der Waals surface area contributed by atoms with Crippen LogP contribution in [0.15, 0.2) is 24.4 Å². The minimum Gasteiger partial charge on any atom is -0.496 e. The summed E-state index contributed by atoms with van der Waals surface area (Å²) < 4.78 is 16.0. The third kappa shape index (κ3) is 2.80. The van der Waals surface area contributed by atoms with Crippen LogP contribution < -0.4 is 19.1 Å². The molecule has 0 radical (unpaired) electrons. The highest BCUT2D eigenvalue weighted by molar-refractivity contribution is 5.86. The van der Waals surface area contributed by atoms with Crippen LogP contribution in [0.4, 0.5) is 10.5 Å². The number of rotatable bonds is 4. The van der Waals surface area contributed by atoms with Gasteiger partial charge in [-0.15, -0.1) is 0 Å². The van der Waals surface area contributed by atoms with Crippen molar-refractivity contribution in [3.63, 3.8) is 0 Å². The number of amides is 1. The van der Waals surface area contributed by atoms with Crippen molar-refractivity contribution in [3.05, 3.63) is 41.2 Å². The summed E-state index contributed by atoms with van der Waals surface area (Å²) in [6.07, 6.45) is 0.607. The maximum atomic E-state index is 11.7. The van der Waals surface area contributed by atoms with Crippen molar-refractivity contribution in [1.82, 2.24) is 4.98 Å². The number of ether oxygens (including phenoxy) is 3. The quantitative estimate of drug-likeness (QED) is 0.927. The summed E-state index contributed by atoms with van der Waals surface area (Å²) in [7, 11) is 1.59. The Morgan fingerprint density at radius 3 is 2.79 bits per heavy atom. The van der Waals surface area contributed by atoms with Crippen LogP contribution in [0.1, 0.15) is 16.8 Å². The van der Waals surface area contributed by atoms with E-state index in [9.17, 15) is 9.90 Å². The molecule has 1 amide bonds. The minimum absolute atomic E-state index is 0.109. The second kappa shape index (κ2) is 6.27. The maximum absolute atomic E-state index is 11.7. The van der Waals surface area contributed by atoms with E-state index in [4.69, 9.17) is 14.2 Å². The van der Waals surface area contributed by atoms with Gasteiger partial charge in [-0.05, 0) is 26.0 Å². The highest BCUT2D eigenvalue weighted by atomic mass is 16.7. The number of fused-ring (bicyclic) bond motifs is 1. The number of methoxy groups -OCH3 is 1. The first-order valence-electron chi connectivity index (χ1n) is 7.40. The predicted molar refractivity (Wildman–Crippen MR) is 87.0 cm³/mol. The Morgan fingerprint density at radius 1 is 1.33 bits per heavy atom. The number of nitrogens with zero attached hydrogens (tertiary/aromatic N) is 2. The molecule has 126 valence electrons. The van der Waals surface area contributed by atoms with Crippen LogP contribution in [0.5, 0.6) is 17.2 Å². The Hall–Kier alpha value is -2.96. The zero-order valence-corrected chi connectivity index (χ0v) is 13.7. The first kappa shape index (κ1) is 15.9. The van der Waals surface area contributed by atoms with Crippen LogP contribution in [0.2, 0.25) is 0 Å². The molecule has 7 heteroatoms. The van der Waals surface area contributed by atoms with Crippen molar-refractivity contribution in [3.8, 4) is 17.2 Å². The fourth-order valence-corrected chi connectivity index (χ4v) is 2.70. The summed E-state index contributed by atoms with van der Waals surface area (Å²) in [5.74, 6) is 1.86. The lowest BCUT2D eigenvalue weighted by molar-refractivity contribution is 0.174. The molecule has 0 atom stereocenters. The number of carbonyl (C=O) groups is 1. The highest BCUT2D eigenvalue weighted by Crippen LogP contribution is 2.36. The number of hydrogen-bond donors (Lipinski definition) is 1. The Morgan fingerprint density at radius 2 is 2.08 bits per heavy atom. The van der Waals surface area contributed by atoms with Crippen molar-refractivity contribution < 1.29 is 24.1 Å². The maximum Gasteiger partial charge on any atom is 0.412 e. The molecular weight excluding hydrogens is 312 g/mol. The Balaban J connectivity index is 1.95. The lowest BCUT2D eigenvalue weighted by Crippen LogP contribution is -2.29. The minimum atomic E-state index is -1.07. The molecule has 2 aromatic rings. The van der Waals surface area contributed by atoms with Gasteiger partial charge in [0.2, 0.25) is 6.79 Å². The summed E-state index contributed by atoms with van der Waals surface area (Å²) in [6, 6.07) is 5.03. The van der Waals surface area contributed by atoms with E-state index in [0.29, 0.717) is 22.9 Å². The Kier molecular flexibility index (Phi) is 4.16. The van der Waals surface area contributed by atoms with E-state index in [1.54, 1.807) is 31.5 Å². The van der Waals surface area contributed by atoms with Gasteiger partial charge in [-0.1, -0.05) is 0 Å². The fourth-order valence-electron chi connectivity index (χ4n) is 2.70.